The summed E-state index contributed by atoms with van der Waals surface area (Å²) in [6.45, 7) is 0.946. The van der Waals surface area contributed by atoms with Crippen LogP contribution in [0.1, 0.15) is 0 Å². The van der Waals surface area contributed by atoms with Gasteiger partial charge in [-0.15, -0.1) is 0 Å². The molecule has 2 aromatic rings. The van der Waals surface area contributed by atoms with Gasteiger partial charge in [-0.25, -0.2) is 4.98 Å². The van der Waals surface area contributed by atoms with Gasteiger partial charge in [0.1, 0.15) is 5.82 Å². The van der Waals surface area contributed by atoms with Gasteiger partial charge in [0.25, 0.3) is 0 Å². The smallest absolute Gasteiger partial charge is 0.222 e. The molecular weight excluding hydrogens is 232 g/mol. The molecule has 2 N–H and O–H groups in total. The lowest BCUT2D eigenvalue weighted by atomic mass is 10.2. The number of anilines is 2. The van der Waals surface area contributed by atoms with Gasteiger partial charge in [0.15, 0.2) is 0 Å². The third kappa shape index (κ3) is 2.61. The van der Waals surface area contributed by atoms with E-state index in [2.05, 4.69) is 21.1 Å². The van der Waals surface area contributed by atoms with E-state index in [0.29, 0.717) is 5.95 Å². The number of nitrogen functional groups attached to an aromatic ring is 1. The number of hydrogen-bond acceptors (Lipinski definition) is 5. The van der Waals surface area contributed by atoms with E-state index in [4.69, 9.17) is 5.73 Å². The second-order valence-electron chi connectivity index (χ2n) is 3.84. The lowest BCUT2D eigenvalue weighted by Crippen LogP contribution is -2.22. The standard InChI is InChI=1S/C12H16N4S/c1-16(7-8-17-2)11-9-5-3-4-6-10(9)14-12(13)15-11/h3-6H,7-8H2,1-2H3,(H2,13,14,15). The number of para-hydroxylation sites is 1. The van der Waals surface area contributed by atoms with E-state index >= 15 is 0 Å². The van der Waals surface area contributed by atoms with E-state index in [1.165, 1.54) is 0 Å². The van der Waals surface area contributed by atoms with Gasteiger partial charge in [-0.05, 0) is 18.4 Å². The first-order chi connectivity index (χ1) is 8.22. The molecule has 0 saturated heterocycles. The monoisotopic (exact) mass is 248 g/mol. The van der Waals surface area contributed by atoms with Crippen LogP contribution < -0.4 is 10.6 Å². The lowest BCUT2D eigenvalue weighted by Gasteiger charge is -2.19. The highest BCUT2D eigenvalue weighted by atomic mass is 32.2. The number of hydrogen-bond donors (Lipinski definition) is 1. The second kappa shape index (κ2) is 5.23. The molecule has 17 heavy (non-hydrogen) atoms. The molecule has 1 aromatic heterocycles. The fourth-order valence-electron chi connectivity index (χ4n) is 1.70. The second-order valence-corrected chi connectivity index (χ2v) is 4.82. The minimum absolute atomic E-state index is 0.328. The van der Waals surface area contributed by atoms with Gasteiger partial charge in [0, 0.05) is 24.7 Å². The molecule has 0 saturated carbocycles. The Morgan fingerprint density at radius 3 is 2.82 bits per heavy atom. The zero-order chi connectivity index (χ0) is 12.3. The van der Waals surface area contributed by atoms with E-state index in [-0.39, 0.29) is 0 Å². The Bertz CT molecular complexity index is 515. The van der Waals surface area contributed by atoms with Crippen molar-refractivity contribution in [3.63, 3.8) is 0 Å². The summed E-state index contributed by atoms with van der Waals surface area (Å²) in [6, 6.07) is 7.94. The quantitative estimate of drug-likeness (QED) is 0.897. The molecule has 0 fully saturated rings. The average Bonchev–Trinajstić information content (AvgIpc) is 2.34. The molecule has 0 spiro atoms. The number of nitrogens with zero attached hydrogens (tertiary/aromatic N) is 3. The highest BCUT2D eigenvalue weighted by Gasteiger charge is 2.09. The van der Waals surface area contributed by atoms with Crippen LogP contribution in [0, 0.1) is 0 Å². The SMILES string of the molecule is CSCCN(C)c1nc(N)nc2ccccc12. The van der Waals surface area contributed by atoms with Crippen molar-refractivity contribution in [2.75, 3.05) is 36.2 Å². The summed E-state index contributed by atoms with van der Waals surface area (Å²) in [5.74, 6) is 2.30. The van der Waals surface area contributed by atoms with Gasteiger partial charge in [-0.1, -0.05) is 12.1 Å². The molecule has 4 nitrogen and oxygen atoms in total. The molecule has 0 unspecified atom stereocenters. The van der Waals surface area contributed by atoms with Crippen LogP contribution in [0.2, 0.25) is 0 Å². The third-order valence-electron chi connectivity index (χ3n) is 2.59. The average molecular weight is 248 g/mol. The largest absolute Gasteiger partial charge is 0.368 e. The molecule has 0 bridgehead atoms. The number of nitrogens with two attached hydrogens (primary N) is 1. The highest BCUT2D eigenvalue weighted by Crippen LogP contribution is 2.23. The van der Waals surface area contributed by atoms with Gasteiger partial charge in [0.2, 0.25) is 5.95 Å². The normalized spacial score (nSPS) is 10.7. The summed E-state index contributed by atoms with van der Waals surface area (Å²) in [7, 11) is 2.03. The maximum Gasteiger partial charge on any atom is 0.222 e. The molecule has 90 valence electrons. The van der Waals surface area contributed by atoms with E-state index in [9.17, 15) is 0 Å². The maximum atomic E-state index is 5.74. The summed E-state index contributed by atoms with van der Waals surface area (Å²) in [5.41, 5.74) is 6.63. The van der Waals surface area contributed by atoms with E-state index in [1.54, 1.807) is 0 Å². The van der Waals surface area contributed by atoms with Crippen molar-refractivity contribution >= 4 is 34.4 Å². The van der Waals surface area contributed by atoms with Crippen LogP contribution in [0.3, 0.4) is 0 Å². The molecule has 0 aliphatic rings. The zero-order valence-corrected chi connectivity index (χ0v) is 10.9. The predicted molar refractivity (Wildman–Crippen MR) is 75.6 cm³/mol. The summed E-state index contributed by atoms with van der Waals surface area (Å²) in [4.78, 5) is 10.7. The number of thioether (sulfide) groups is 1. The molecule has 0 aliphatic heterocycles. The summed E-state index contributed by atoms with van der Waals surface area (Å²) in [5, 5.41) is 1.05. The Hall–Kier alpha value is -1.49. The molecule has 5 heteroatoms. The van der Waals surface area contributed by atoms with Gasteiger partial charge in [-0.3, -0.25) is 0 Å². The van der Waals surface area contributed by atoms with Crippen molar-refractivity contribution in [3.05, 3.63) is 24.3 Å². The van der Waals surface area contributed by atoms with Crippen LogP contribution in [0.4, 0.5) is 11.8 Å². The number of benzene rings is 1. The Morgan fingerprint density at radius 1 is 1.29 bits per heavy atom. The Balaban J connectivity index is 2.44. The summed E-state index contributed by atoms with van der Waals surface area (Å²) in [6.07, 6.45) is 2.10. The zero-order valence-electron chi connectivity index (χ0n) is 10.1. The summed E-state index contributed by atoms with van der Waals surface area (Å²) < 4.78 is 0. The topological polar surface area (TPSA) is 55.0 Å². The number of aromatic nitrogens is 2. The Kier molecular flexibility index (Phi) is 3.68. The Labute approximate surface area is 105 Å². The van der Waals surface area contributed by atoms with Gasteiger partial charge in [-0.2, -0.15) is 16.7 Å². The van der Waals surface area contributed by atoms with Crippen LogP contribution in [0.5, 0.6) is 0 Å². The van der Waals surface area contributed by atoms with Crippen LogP contribution >= 0.6 is 11.8 Å². The predicted octanol–water partition coefficient (Wildman–Crippen LogP) is 2.01. The fraction of sp³-hybridized carbons (Fsp3) is 0.333. The first kappa shape index (κ1) is 12.0. The molecule has 1 aromatic carbocycles. The maximum absolute atomic E-state index is 5.74. The van der Waals surface area contributed by atoms with Crippen LogP contribution in [0.25, 0.3) is 10.9 Å². The first-order valence-corrected chi connectivity index (χ1v) is 6.84. The third-order valence-corrected chi connectivity index (χ3v) is 3.18. The molecule has 0 aliphatic carbocycles. The highest BCUT2D eigenvalue weighted by molar-refractivity contribution is 7.98. The first-order valence-electron chi connectivity index (χ1n) is 5.44. The molecule has 0 atom stereocenters. The lowest BCUT2D eigenvalue weighted by molar-refractivity contribution is 0.951. The van der Waals surface area contributed by atoms with Crippen molar-refractivity contribution in [1.29, 1.82) is 0 Å². The number of fused-ring (bicyclic) bond motifs is 1. The minimum atomic E-state index is 0.328. The minimum Gasteiger partial charge on any atom is -0.368 e. The van der Waals surface area contributed by atoms with Crippen molar-refractivity contribution < 1.29 is 0 Å². The molecular formula is C12H16N4S. The summed E-state index contributed by atoms with van der Waals surface area (Å²) >= 11 is 1.82. The van der Waals surface area contributed by atoms with Crippen LogP contribution in [-0.2, 0) is 0 Å². The molecule has 0 radical (unpaired) electrons. The van der Waals surface area contributed by atoms with E-state index in [0.717, 1.165) is 29.0 Å². The van der Waals surface area contributed by atoms with Crippen molar-refractivity contribution in [2.24, 2.45) is 0 Å². The Morgan fingerprint density at radius 2 is 2.06 bits per heavy atom. The van der Waals surface area contributed by atoms with Gasteiger partial charge < -0.3 is 10.6 Å². The van der Waals surface area contributed by atoms with E-state index in [1.807, 2.05) is 43.1 Å². The molecule has 2 rings (SSSR count). The van der Waals surface area contributed by atoms with Crippen molar-refractivity contribution in [3.8, 4) is 0 Å². The molecule has 0 amide bonds. The van der Waals surface area contributed by atoms with Crippen molar-refractivity contribution in [1.82, 2.24) is 9.97 Å². The van der Waals surface area contributed by atoms with Crippen LogP contribution in [0.15, 0.2) is 24.3 Å². The van der Waals surface area contributed by atoms with Crippen molar-refractivity contribution in [2.45, 2.75) is 0 Å². The fourth-order valence-corrected chi connectivity index (χ4v) is 2.16. The number of rotatable bonds is 4. The van der Waals surface area contributed by atoms with Crippen LogP contribution in [-0.4, -0.2) is 35.6 Å². The van der Waals surface area contributed by atoms with Gasteiger partial charge in [0.05, 0.1) is 5.52 Å². The molecule has 1 heterocycles. The van der Waals surface area contributed by atoms with E-state index < -0.39 is 0 Å². The van der Waals surface area contributed by atoms with Gasteiger partial charge >= 0.3 is 0 Å².